The SMILES string of the molecule is CC(C)C(C)NC(=O)[C@@H]1CCCNC1. The molecule has 1 saturated heterocycles. The summed E-state index contributed by atoms with van der Waals surface area (Å²) in [5.41, 5.74) is 0. The average molecular weight is 198 g/mol. The molecule has 3 nitrogen and oxygen atoms in total. The first-order valence-corrected chi connectivity index (χ1v) is 5.62. The Balaban J connectivity index is 2.33. The van der Waals surface area contributed by atoms with Gasteiger partial charge in [-0.1, -0.05) is 13.8 Å². The monoisotopic (exact) mass is 198 g/mol. The summed E-state index contributed by atoms with van der Waals surface area (Å²) >= 11 is 0. The number of rotatable bonds is 3. The third-order valence-corrected chi connectivity index (χ3v) is 3.04. The molecule has 0 aromatic carbocycles. The molecule has 1 fully saturated rings. The Hall–Kier alpha value is -0.570. The van der Waals surface area contributed by atoms with Gasteiger partial charge in [0, 0.05) is 12.6 Å². The van der Waals surface area contributed by atoms with Crippen LogP contribution in [0.25, 0.3) is 0 Å². The van der Waals surface area contributed by atoms with Crippen LogP contribution in [0.4, 0.5) is 0 Å². The van der Waals surface area contributed by atoms with E-state index in [0.717, 1.165) is 25.9 Å². The lowest BCUT2D eigenvalue weighted by molar-refractivity contribution is -0.126. The summed E-state index contributed by atoms with van der Waals surface area (Å²) in [4.78, 5) is 11.8. The fraction of sp³-hybridized carbons (Fsp3) is 0.909. The quantitative estimate of drug-likeness (QED) is 0.714. The van der Waals surface area contributed by atoms with Gasteiger partial charge in [-0.3, -0.25) is 4.79 Å². The van der Waals surface area contributed by atoms with E-state index >= 15 is 0 Å². The molecule has 0 aliphatic carbocycles. The molecule has 14 heavy (non-hydrogen) atoms. The van der Waals surface area contributed by atoms with Gasteiger partial charge in [0.1, 0.15) is 0 Å². The number of carbonyl (C=O) groups is 1. The number of carbonyl (C=O) groups excluding carboxylic acids is 1. The second-order valence-corrected chi connectivity index (χ2v) is 4.58. The van der Waals surface area contributed by atoms with Crippen molar-refractivity contribution in [3.63, 3.8) is 0 Å². The van der Waals surface area contributed by atoms with Crippen LogP contribution in [0.15, 0.2) is 0 Å². The number of nitrogens with one attached hydrogen (secondary N) is 2. The maximum atomic E-state index is 11.8. The van der Waals surface area contributed by atoms with Crippen molar-refractivity contribution in [1.82, 2.24) is 10.6 Å². The van der Waals surface area contributed by atoms with Crippen molar-refractivity contribution in [2.24, 2.45) is 11.8 Å². The van der Waals surface area contributed by atoms with Crippen LogP contribution in [0.3, 0.4) is 0 Å². The third-order valence-electron chi connectivity index (χ3n) is 3.04. The fourth-order valence-electron chi connectivity index (χ4n) is 1.58. The van der Waals surface area contributed by atoms with E-state index in [1.165, 1.54) is 0 Å². The van der Waals surface area contributed by atoms with Crippen molar-refractivity contribution >= 4 is 5.91 Å². The molecular weight excluding hydrogens is 176 g/mol. The van der Waals surface area contributed by atoms with E-state index in [9.17, 15) is 4.79 Å². The first-order chi connectivity index (χ1) is 6.61. The molecule has 0 spiro atoms. The minimum absolute atomic E-state index is 0.185. The van der Waals surface area contributed by atoms with Gasteiger partial charge in [0.15, 0.2) is 0 Å². The lowest BCUT2D eigenvalue weighted by Crippen LogP contribution is -2.45. The lowest BCUT2D eigenvalue weighted by Gasteiger charge is -2.25. The summed E-state index contributed by atoms with van der Waals surface area (Å²) in [6.45, 7) is 8.23. The highest BCUT2D eigenvalue weighted by molar-refractivity contribution is 5.79. The zero-order valence-corrected chi connectivity index (χ0v) is 9.47. The van der Waals surface area contributed by atoms with Crippen molar-refractivity contribution in [3.8, 4) is 0 Å². The van der Waals surface area contributed by atoms with Gasteiger partial charge in [-0.05, 0) is 32.2 Å². The molecule has 3 heteroatoms. The zero-order valence-electron chi connectivity index (χ0n) is 9.47. The van der Waals surface area contributed by atoms with E-state index in [1.54, 1.807) is 0 Å². The molecule has 1 rings (SSSR count). The Labute approximate surface area is 86.6 Å². The maximum absolute atomic E-state index is 11.8. The van der Waals surface area contributed by atoms with Gasteiger partial charge in [-0.2, -0.15) is 0 Å². The predicted octanol–water partition coefficient (Wildman–Crippen LogP) is 1.15. The van der Waals surface area contributed by atoms with E-state index in [-0.39, 0.29) is 17.9 Å². The van der Waals surface area contributed by atoms with E-state index in [4.69, 9.17) is 0 Å². The van der Waals surface area contributed by atoms with Crippen LogP contribution in [-0.4, -0.2) is 25.0 Å². The molecule has 1 amide bonds. The molecule has 1 heterocycles. The van der Waals surface area contributed by atoms with E-state index in [0.29, 0.717) is 5.92 Å². The van der Waals surface area contributed by atoms with Crippen molar-refractivity contribution < 1.29 is 4.79 Å². The molecule has 2 atom stereocenters. The Bertz CT molecular complexity index is 186. The van der Waals surface area contributed by atoms with Crippen LogP contribution in [-0.2, 0) is 4.79 Å². The molecular formula is C11H22N2O. The van der Waals surface area contributed by atoms with Gasteiger partial charge in [-0.25, -0.2) is 0 Å². The molecule has 0 aromatic heterocycles. The van der Waals surface area contributed by atoms with Gasteiger partial charge in [0.05, 0.1) is 5.92 Å². The standard InChI is InChI=1S/C11H22N2O/c1-8(2)9(3)13-11(14)10-5-4-6-12-7-10/h8-10,12H,4-7H2,1-3H3,(H,13,14)/t9?,10-/m1/s1. The smallest absolute Gasteiger partial charge is 0.224 e. The van der Waals surface area contributed by atoms with Crippen molar-refractivity contribution in [2.45, 2.75) is 39.7 Å². The highest BCUT2D eigenvalue weighted by Crippen LogP contribution is 2.11. The largest absolute Gasteiger partial charge is 0.353 e. The van der Waals surface area contributed by atoms with Crippen molar-refractivity contribution in [2.75, 3.05) is 13.1 Å². The summed E-state index contributed by atoms with van der Waals surface area (Å²) in [5, 5.41) is 6.33. The second kappa shape index (κ2) is 5.35. The third kappa shape index (κ3) is 3.29. The molecule has 2 N–H and O–H groups in total. The van der Waals surface area contributed by atoms with Gasteiger partial charge < -0.3 is 10.6 Å². The molecule has 1 aliphatic heterocycles. The minimum atomic E-state index is 0.185. The summed E-state index contributed by atoms with van der Waals surface area (Å²) in [6.07, 6.45) is 2.15. The molecule has 1 aliphatic rings. The zero-order chi connectivity index (χ0) is 10.6. The van der Waals surface area contributed by atoms with Gasteiger partial charge in [0.2, 0.25) is 5.91 Å². The van der Waals surface area contributed by atoms with Crippen LogP contribution < -0.4 is 10.6 Å². The van der Waals surface area contributed by atoms with Crippen molar-refractivity contribution in [1.29, 1.82) is 0 Å². The molecule has 0 saturated carbocycles. The van der Waals surface area contributed by atoms with E-state index in [1.807, 2.05) is 0 Å². The normalized spacial score (nSPS) is 24.7. The van der Waals surface area contributed by atoms with Crippen LogP contribution in [0.5, 0.6) is 0 Å². The van der Waals surface area contributed by atoms with Gasteiger partial charge >= 0.3 is 0 Å². The van der Waals surface area contributed by atoms with E-state index < -0.39 is 0 Å². The first-order valence-electron chi connectivity index (χ1n) is 5.62. The highest BCUT2D eigenvalue weighted by Gasteiger charge is 2.22. The van der Waals surface area contributed by atoms with Crippen LogP contribution in [0.2, 0.25) is 0 Å². The summed E-state index contributed by atoms with van der Waals surface area (Å²) < 4.78 is 0. The molecule has 0 radical (unpaired) electrons. The van der Waals surface area contributed by atoms with Crippen LogP contribution in [0.1, 0.15) is 33.6 Å². The Morgan fingerprint density at radius 2 is 2.14 bits per heavy atom. The summed E-state index contributed by atoms with van der Waals surface area (Å²) in [5.74, 6) is 0.916. The number of hydrogen-bond donors (Lipinski definition) is 2. The molecule has 1 unspecified atom stereocenters. The molecule has 0 aromatic rings. The average Bonchev–Trinajstić information content (AvgIpc) is 2.19. The molecule has 82 valence electrons. The Morgan fingerprint density at radius 1 is 1.43 bits per heavy atom. The fourth-order valence-corrected chi connectivity index (χ4v) is 1.58. The Kier molecular flexibility index (Phi) is 4.39. The Morgan fingerprint density at radius 3 is 2.64 bits per heavy atom. The summed E-state index contributed by atoms with van der Waals surface area (Å²) in [6, 6.07) is 0.282. The first kappa shape index (κ1) is 11.5. The number of hydrogen-bond acceptors (Lipinski definition) is 2. The van der Waals surface area contributed by atoms with Crippen molar-refractivity contribution in [3.05, 3.63) is 0 Å². The molecule has 0 bridgehead atoms. The second-order valence-electron chi connectivity index (χ2n) is 4.58. The summed E-state index contributed by atoms with van der Waals surface area (Å²) in [7, 11) is 0. The van der Waals surface area contributed by atoms with Gasteiger partial charge in [0.25, 0.3) is 0 Å². The maximum Gasteiger partial charge on any atom is 0.224 e. The highest BCUT2D eigenvalue weighted by atomic mass is 16.1. The topological polar surface area (TPSA) is 41.1 Å². The minimum Gasteiger partial charge on any atom is -0.353 e. The predicted molar refractivity (Wildman–Crippen MR) is 58.0 cm³/mol. The van der Waals surface area contributed by atoms with Crippen LogP contribution >= 0.6 is 0 Å². The van der Waals surface area contributed by atoms with Crippen LogP contribution in [0, 0.1) is 11.8 Å². The number of amides is 1. The van der Waals surface area contributed by atoms with Gasteiger partial charge in [-0.15, -0.1) is 0 Å². The lowest BCUT2D eigenvalue weighted by atomic mass is 9.97. The van der Waals surface area contributed by atoms with E-state index in [2.05, 4.69) is 31.4 Å². The number of piperidine rings is 1.